The van der Waals surface area contributed by atoms with E-state index in [1.807, 2.05) is 6.92 Å². The SMILES string of the molecule is COCC(C)Oc1ncc(Br)cc1CO. The molecule has 0 aromatic carbocycles. The van der Waals surface area contributed by atoms with Gasteiger partial charge in [0.1, 0.15) is 6.10 Å². The smallest absolute Gasteiger partial charge is 0.219 e. The summed E-state index contributed by atoms with van der Waals surface area (Å²) in [4.78, 5) is 4.09. The van der Waals surface area contributed by atoms with Crippen molar-refractivity contribution in [3.8, 4) is 5.88 Å². The summed E-state index contributed by atoms with van der Waals surface area (Å²) < 4.78 is 11.3. The van der Waals surface area contributed by atoms with Crippen LogP contribution in [0.4, 0.5) is 0 Å². The second-order valence-electron chi connectivity index (χ2n) is 3.16. The van der Waals surface area contributed by atoms with Crippen LogP contribution in [0.25, 0.3) is 0 Å². The summed E-state index contributed by atoms with van der Waals surface area (Å²) >= 11 is 3.28. The Kier molecular flexibility index (Phi) is 5.01. The van der Waals surface area contributed by atoms with Crippen molar-refractivity contribution >= 4 is 15.9 Å². The van der Waals surface area contributed by atoms with Crippen LogP contribution in [0.1, 0.15) is 12.5 Å². The number of aliphatic hydroxyl groups excluding tert-OH is 1. The highest BCUT2D eigenvalue weighted by atomic mass is 79.9. The van der Waals surface area contributed by atoms with Crippen molar-refractivity contribution in [2.24, 2.45) is 0 Å². The van der Waals surface area contributed by atoms with Crippen LogP contribution in [-0.2, 0) is 11.3 Å². The quantitative estimate of drug-likeness (QED) is 0.890. The van der Waals surface area contributed by atoms with Crippen LogP contribution in [0.3, 0.4) is 0 Å². The van der Waals surface area contributed by atoms with E-state index in [1.165, 1.54) is 0 Å². The van der Waals surface area contributed by atoms with E-state index >= 15 is 0 Å². The zero-order valence-corrected chi connectivity index (χ0v) is 10.3. The van der Waals surface area contributed by atoms with Gasteiger partial charge < -0.3 is 14.6 Å². The lowest BCUT2D eigenvalue weighted by Crippen LogP contribution is -2.19. The summed E-state index contributed by atoms with van der Waals surface area (Å²) in [6, 6.07) is 1.78. The largest absolute Gasteiger partial charge is 0.472 e. The zero-order chi connectivity index (χ0) is 11.3. The van der Waals surface area contributed by atoms with Gasteiger partial charge in [0.15, 0.2) is 0 Å². The lowest BCUT2D eigenvalue weighted by Gasteiger charge is -2.14. The number of hydrogen-bond acceptors (Lipinski definition) is 4. The Labute approximate surface area is 97.4 Å². The first-order valence-corrected chi connectivity index (χ1v) is 5.37. The summed E-state index contributed by atoms with van der Waals surface area (Å²) in [6.07, 6.45) is 1.54. The number of aromatic nitrogens is 1. The fourth-order valence-corrected chi connectivity index (χ4v) is 1.53. The Morgan fingerprint density at radius 1 is 1.60 bits per heavy atom. The van der Waals surface area contributed by atoms with Crippen molar-refractivity contribution in [3.63, 3.8) is 0 Å². The first-order chi connectivity index (χ1) is 7.17. The number of hydrogen-bond donors (Lipinski definition) is 1. The van der Waals surface area contributed by atoms with Gasteiger partial charge in [-0.1, -0.05) is 0 Å². The van der Waals surface area contributed by atoms with Crippen molar-refractivity contribution in [1.29, 1.82) is 0 Å². The molecule has 0 aliphatic carbocycles. The van der Waals surface area contributed by atoms with E-state index < -0.39 is 0 Å². The third kappa shape index (κ3) is 3.77. The highest BCUT2D eigenvalue weighted by Crippen LogP contribution is 2.20. The third-order valence-electron chi connectivity index (χ3n) is 1.78. The molecule has 1 aromatic rings. The minimum atomic E-state index is -0.0958. The van der Waals surface area contributed by atoms with Gasteiger partial charge in [-0.3, -0.25) is 0 Å². The summed E-state index contributed by atoms with van der Waals surface area (Å²) in [6.45, 7) is 2.28. The van der Waals surface area contributed by atoms with Crippen molar-refractivity contribution in [2.45, 2.75) is 19.6 Å². The molecule has 0 amide bonds. The fraction of sp³-hybridized carbons (Fsp3) is 0.500. The minimum absolute atomic E-state index is 0.0889. The number of pyridine rings is 1. The third-order valence-corrected chi connectivity index (χ3v) is 2.21. The second-order valence-corrected chi connectivity index (χ2v) is 4.08. The molecule has 0 aliphatic rings. The lowest BCUT2D eigenvalue weighted by molar-refractivity contribution is 0.0870. The Morgan fingerprint density at radius 3 is 2.93 bits per heavy atom. The molecule has 4 nitrogen and oxygen atoms in total. The van der Waals surface area contributed by atoms with Gasteiger partial charge in [0.25, 0.3) is 0 Å². The highest BCUT2D eigenvalue weighted by Gasteiger charge is 2.09. The number of ether oxygens (including phenoxy) is 2. The molecule has 0 spiro atoms. The average molecular weight is 276 g/mol. The van der Waals surface area contributed by atoms with Crippen LogP contribution in [0.15, 0.2) is 16.7 Å². The van der Waals surface area contributed by atoms with E-state index in [4.69, 9.17) is 14.6 Å². The van der Waals surface area contributed by atoms with Gasteiger partial charge in [0, 0.05) is 23.3 Å². The van der Waals surface area contributed by atoms with Crippen molar-refractivity contribution in [3.05, 3.63) is 22.3 Å². The molecule has 84 valence electrons. The molecule has 0 bridgehead atoms. The molecule has 0 saturated carbocycles. The Hall–Kier alpha value is -0.650. The van der Waals surface area contributed by atoms with E-state index in [0.717, 1.165) is 4.47 Å². The number of rotatable bonds is 5. The average Bonchev–Trinajstić information content (AvgIpc) is 2.21. The van der Waals surface area contributed by atoms with E-state index in [-0.39, 0.29) is 12.7 Å². The molecule has 1 aromatic heterocycles. The molecule has 0 saturated heterocycles. The van der Waals surface area contributed by atoms with Crippen LogP contribution in [0.2, 0.25) is 0 Å². The lowest BCUT2D eigenvalue weighted by atomic mass is 10.3. The molecular formula is C10H14BrNO3. The van der Waals surface area contributed by atoms with Crippen LogP contribution in [0.5, 0.6) is 5.88 Å². The molecule has 1 N–H and O–H groups in total. The van der Waals surface area contributed by atoms with Crippen LogP contribution in [-0.4, -0.2) is 29.9 Å². The van der Waals surface area contributed by atoms with Crippen molar-refractivity contribution in [2.75, 3.05) is 13.7 Å². The Morgan fingerprint density at radius 2 is 2.33 bits per heavy atom. The number of aliphatic hydroxyl groups is 1. The molecule has 0 fully saturated rings. The summed E-state index contributed by atoms with van der Waals surface area (Å²) in [7, 11) is 1.61. The van der Waals surface area contributed by atoms with E-state index in [0.29, 0.717) is 18.1 Å². The zero-order valence-electron chi connectivity index (χ0n) is 8.74. The molecule has 1 unspecified atom stereocenters. The maximum absolute atomic E-state index is 9.11. The highest BCUT2D eigenvalue weighted by molar-refractivity contribution is 9.10. The van der Waals surface area contributed by atoms with E-state index in [2.05, 4.69) is 20.9 Å². The molecule has 0 radical (unpaired) electrons. The predicted octanol–water partition coefficient (Wildman–Crippen LogP) is 1.75. The summed E-state index contributed by atoms with van der Waals surface area (Å²) in [5.74, 6) is 0.449. The van der Waals surface area contributed by atoms with E-state index in [9.17, 15) is 0 Å². The number of methoxy groups -OCH3 is 1. The minimum Gasteiger partial charge on any atom is -0.472 e. The van der Waals surface area contributed by atoms with Crippen LogP contribution in [0, 0.1) is 0 Å². The summed E-state index contributed by atoms with van der Waals surface area (Å²) in [5.41, 5.74) is 0.660. The van der Waals surface area contributed by atoms with Gasteiger partial charge in [-0.2, -0.15) is 0 Å². The van der Waals surface area contributed by atoms with Crippen LogP contribution >= 0.6 is 15.9 Å². The van der Waals surface area contributed by atoms with Crippen molar-refractivity contribution in [1.82, 2.24) is 4.98 Å². The topological polar surface area (TPSA) is 51.6 Å². The number of nitrogens with zero attached hydrogens (tertiary/aromatic N) is 1. The number of halogens is 1. The predicted molar refractivity (Wildman–Crippen MR) is 59.8 cm³/mol. The normalized spacial score (nSPS) is 12.5. The maximum Gasteiger partial charge on any atom is 0.219 e. The van der Waals surface area contributed by atoms with Gasteiger partial charge in [0.05, 0.1) is 13.2 Å². The first-order valence-electron chi connectivity index (χ1n) is 4.58. The van der Waals surface area contributed by atoms with Gasteiger partial charge in [-0.15, -0.1) is 0 Å². The van der Waals surface area contributed by atoms with Crippen molar-refractivity contribution < 1.29 is 14.6 Å². The first kappa shape index (κ1) is 12.4. The standard InChI is InChI=1S/C10H14BrNO3/c1-7(6-14-2)15-10-8(5-13)3-9(11)4-12-10/h3-4,7,13H,5-6H2,1-2H3. The Balaban J connectivity index is 2.75. The molecule has 15 heavy (non-hydrogen) atoms. The van der Waals surface area contributed by atoms with E-state index in [1.54, 1.807) is 19.4 Å². The molecule has 1 rings (SSSR count). The van der Waals surface area contributed by atoms with Gasteiger partial charge in [0.2, 0.25) is 5.88 Å². The van der Waals surface area contributed by atoms with Gasteiger partial charge in [-0.25, -0.2) is 4.98 Å². The molecule has 0 aliphatic heterocycles. The van der Waals surface area contributed by atoms with Gasteiger partial charge in [-0.05, 0) is 28.9 Å². The molecule has 5 heteroatoms. The molecule has 1 heterocycles. The maximum atomic E-state index is 9.11. The Bertz CT molecular complexity index is 320. The fourth-order valence-electron chi connectivity index (χ4n) is 1.15. The molecule has 1 atom stereocenters. The van der Waals surface area contributed by atoms with Gasteiger partial charge >= 0.3 is 0 Å². The second kappa shape index (κ2) is 6.05. The van der Waals surface area contributed by atoms with Crippen LogP contribution < -0.4 is 4.74 Å². The summed E-state index contributed by atoms with van der Waals surface area (Å²) in [5, 5.41) is 9.11. The molecular weight excluding hydrogens is 262 g/mol. The monoisotopic (exact) mass is 275 g/mol.